The van der Waals surface area contributed by atoms with Gasteiger partial charge in [0.2, 0.25) is 12.7 Å². The van der Waals surface area contributed by atoms with E-state index >= 15 is 0 Å². The molecule has 1 aliphatic heterocycles. The number of hydrogen-bond acceptors (Lipinski definition) is 4. The van der Waals surface area contributed by atoms with Crippen molar-refractivity contribution in [1.29, 1.82) is 0 Å². The lowest BCUT2D eigenvalue weighted by molar-refractivity contribution is -0.121. The number of rotatable bonds is 6. The number of hydrogen-bond donors (Lipinski definition) is 1. The minimum absolute atomic E-state index is 0.0897. The van der Waals surface area contributed by atoms with Gasteiger partial charge < -0.3 is 19.4 Å². The van der Waals surface area contributed by atoms with Gasteiger partial charge >= 0.3 is 0 Å². The lowest BCUT2D eigenvalue weighted by Crippen LogP contribution is -2.27. The first-order valence-electron chi connectivity index (χ1n) is 9.99. The van der Waals surface area contributed by atoms with Crippen LogP contribution in [0.1, 0.15) is 17.0 Å². The molecule has 1 aliphatic rings. The second-order valence-corrected chi connectivity index (χ2v) is 7.81. The quantitative estimate of drug-likeness (QED) is 0.491. The van der Waals surface area contributed by atoms with Crippen LogP contribution in [0.2, 0.25) is 5.02 Å². The molecule has 0 saturated heterocycles. The molecule has 2 heterocycles. The number of imidazole rings is 1. The van der Waals surface area contributed by atoms with E-state index in [9.17, 15) is 4.79 Å². The molecule has 1 amide bonds. The largest absolute Gasteiger partial charge is 0.454 e. The predicted octanol–water partition coefficient (Wildman–Crippen LogP) is 4.33. The van der Waals surface area contributed by atoms with Crippen LogP contribution in [-0.4, -0.2) is 22.3 Å². The van der Waals surface area contributed by atoms with E-state index in [1.165, 1.54) is 0 Å². The van der Waals surface area contributed by atoms with Crippen molar-refractivity contribution >= 4 is 28.5 Å². The minimum Gasteiger partial charge on any atom is -0.454 e. The molecule has 6 nitrogen and oxygen atoms in total. The van der Waals surface area contributed by atoms with Gasteiger partial charge in [0.1, 0.15) is 12.4 Å². The smallest absolute Gasteiger partial charge is 0.240 e. The summed E-state index contributed by atoms with van der Waals surface area (Å²) in [5.74, 6) is 2.16. The zero-order valence-electron chi connectivity index (χ0n) is 16.7. The number of nitrogens with zero attached hydrogens (tertiary/aromatic N) is 2. The predicted molar refractivity (Wildman–Crippen MR) is 118 cm³/mol. The Kier molecular flexibility index (Phi) is 5.22. The summed E-state index contributed by atoms with van der Waals surface area (Å²) in [5.41, 5.74) is 3.79. The first-order chi connectivity index (χ1) is 15.2. The second kappa shape index (κ2) is 8.32. The second-order valence-electron chi connectivity index (χ2n) is 7.37. The summed E-state index contributed by atoms with van der Waals surface area (Å²) in [6, 6.07) is 21.2. The monoisotopic (exact) mass is 433 g/mol. The number of benzene rings is 3. The van der Waals surface area contributed by atoms with Gasteiger partial charge in [0, 0.05) is 18.0 Å². The lowest BCUT2D eigenvalue weighted by Gasteiger charge is -2.11. The van der Waals surface area contributed by atoms with Crippen molar-refractivity contribution in [2.75, 3.05) is 6.79 Å². The van der Waals surface area contributed by atoms with E-state index in [-0.39, 0.29) is 19.2 Å². The van der Waals surface area contributed by atoms with Crippen LogP contribution in [0.4, 0.5) is 0 Å². The Morgan fingerprint density at radius 3 is 2.77 bits per heavy atom. The van der Waals surface area contributed by atoms with Gasteiger partial charge in [-0.1, -0.05) is 41.9 Å². The number of nitrogens with one attached hydrogen (secondary N) is 1. The molecule has 0 saturated carbocycles. The van der Waals surface area contributed by atoms with Crippen molar-refractivity contribution in [3.05, 3.63) is 88.7 Å². The molecule has 0 fully saturated rings. The minimum atomic E-state index is -0.0897. The summed E-state index contributed by atoms with van der Waals surface area (Å²) >= 11 is 6.14. The van der Waals surface area contributed by atoms with Crippen molar-refractivity contribution in [1.82, 2.24) is 14.9 Å². The van der Waals surface area contributed by atoms with Gasteiger partial charge in [-0.2, -0.15) is 0 Å². The number of aromatic nitrogens is 2. The number of halogens is 1. The highest BCUT2D eigenvalue weighted by Gasteiger charge is 2.16. The van der Waals surface area contributed by atoms with Crippen molar-refractivity contribution < 1.29 is 14.3 Å². The van der Waals surface area contributed by atoms with Crippen LogP contribution in [0, 0.1) is 0 Å². The SMILES string of the molecule is O=C(Cn1c(Cc2cccc(Cl)c2)nc2ccccc21)NCc1ccc2c(c1)OCO2. The molecule has 156 valence electrons. The van der Waals surface area contributed by atoms with Gasteiger partial charge in [0.15, 0.2) is 11.5 Å². The van der Waals surface area contributed by atoms with E-state index < -0.39 is 0 Å². The van der Waals surface area contributed by atoms with Crippen molar-refractivity contribution in [3.63, 3.8) is 0 Å². The van der Waals surface area contributed by atoms with Crippen LogP contribution in [-0.2, 0) is 24.3 Å². The molecule has 4 aromatic rings. The molecule has 3 aromatic carbocycles. The zero-order valence-corrected chi connectivity index (χ0v) is 17.4. The fourth-order valence-electron chi connectivity index (χ4n) is 3.72. The van der Waals surface area contributed by atoms with Crippen molar-refractivity contribution in [2.24, 2.45) is 0 Å². The number of para-hydroxylation sites is 2. The summed E-state index contributed by atoms with van der Waals surface area (Å²) in [6.07, 6.45) is 0.588. The van der Waals surface area contributed by atoms with E-state index in [0.29, 0.717) is 23.7 Å². The Morgan fingerprint density at radius 2 is 1.87 bits per heavy atom. The van der Waals surface area contributed by atoms with E-state index in [2.05, 4.69) is 5.32 Å². The molecule has 7 heteroatoms. The third kappa shape index (κ3) is 4.20. The fourth-order valence-corrected chi connectivity index (χ4v) is 3.93. The van der Waals surface area contributed by atoms with E-state index in [1.54, 1.807) is 0 Å². The molecule has 31 heavy (non-hydrogen) atoms. The normalized spacial score (nSPS) is 12.3. The van der Waals surface area contributed by atoms with Gasteiger partial charge in [-0.3, -0.25) is 4.79 Å². The molecule has 0 aliphatic carbocycles. The first kappa shape index (κ1) is 19.5. The highest BCUT2D eigenvalue weighted by atomic mass is 35.5. The highest BCUT2D eigenvalue weighted by Crippen LogP contribution is 2.32. The standard InChI is InChI=1S/C24H20ClN3O3/c25-18-5-3-4-16(10-18)12-23-27-19-6-1-2-7-20(19)28(23)14-24(29)26-13-17-8-9-21-22(11-17)31-15-30-21/h1-11H,12-15H2,(H,26,29). The van der Waals surface area contributed by atoms with Crippen LogP contribution in [0.3, 0.4) is 0 Å². The van der Waals surface area contributed by atoms with E-state index in [0.717, 1.165) is 33.7 Å². The number of carbonyl (C=O) groups is 1. The summed E-state index contributed by atoms with van der Waals surface area (Å²) < 4.78 is 12.7. The molecule has 5 rings (SSSR count). The number of carbonyl (C=O) groups excluding carboxylic acids is 1. The van der Waals surface area contributed by atoms with Gasteiger partial charge in [-0.25, -0.2) is 4.98 Å². The molecule has 0 atom stereocenters. The molecular formula is C24H20ClN3O3. The van der Waals surface area contributed by atoms with Gasteiger partial charge in [0.25, 0.3) is 0 Å². The summed E-state index contributed by atoms with van der Waals surface area (Å²) in [4.78, 5) is 17.5. The summed E-state index contributed by atoms with van der Waals surface area (Å²) in [6.45, 7) is 0.820. The first-order valence-corrected chi connectivity index (χ1v) is 10.4. The van der Waals surface area contributed by atoms with Crippen molar-refractivity contribution in [2.45, 2.75) is 19.5 Å². The molecule has 0 unspecified atom stereocenters. The maximum atomic E-state index is 12.8. The molecule has 1 aromatic heterocycles. The maximum Gasteiger partial charge on any atom is 0.240 e. The van der Waals surface area contributed by atoms with E-state index in [4.69, 9.17) is 26.1 Å². The Balaban J connectivity index is 1.34. The third-order valence-corrected chi connectivity index (χ3v) is 5.45. The fraction of sp³-hybridized carbons (Fsp3) is 0.167. The van der Waals surface area contributed by atoms with Crippen molar-refractivity contribution in [3.8, 4) is 11.5 Å². The summed E-state index contributed by atoms with van der Waals surface area (Å²) in [5, 5.41) is 3.67. The van der Waals surface area contributed by atoms with Gasteiger partial charge in [-0.15, -0.1) is 0 Å². The Hall–Kier alpha value is -3.51. The molecule has 1 N–H and O–H groups in total. The number of ether oxygens (including phenoxy) is 2. The average molecular weight is 434 g/mol. The van der Waals surface area contributed by atoms with Gasteiger partial charge in [0.05, 0.1) is 11.0 Å². The summed E-state index contributed by atoms with van der Waals surface area (Å²) in [7, 11) is 0. The molecule has 0 spiro atoms. The Labute approximate surface area is 184 Å². The average Bonchev–Trinajstić information content (AvgIpc) is 3.37. The molecule has 0 bridgehead atoms. The van der Waals surface area contributed by atoms with Crippen LogP contribution in [0.25, 0.3) is 11.0 Å². The maximum absolute atomic E-state index is 12.8. The highest BCUT2D eigenvalue weighted by molar-refractivity contribution is 6.30. The number of fused-ring (bicyclic) bond motifs is 2. The van der Waals surface area contributed by atoms with Gasteiger partial charge in [-0.05, 0) is 47.5 Å². The van der Waals surface area contributed by atoms with Crippen LogP contribution in [0.15, 0.2) is 66.7 Å². The van der Waals surface area contributed by atoms with Crippen LogP contribution in [0.5, 0.6) is 11.5 Å². The Morgan fingerprint density at radius 1 is 1.00 bits per heavy atom. The lowest BCUT2D eigenvalue weighted by atomic mass is 10.1. The topological polar surface area (TPSA) is 65.4 Å². The molecular weight excluding hydrogens is 414 g/mol. The van der Waals surface area contributed by atoms with Crippen LogP contribution >= 0.6 is 11.6 Å². The Bertz CT molecular complexity index is 1270. The van der Waals surface area contributed by atoms with Crippen LogP contribution < -0.4 is 14.8 Å². The van der Waals surface area contributed by atoms with E-state index in [1.807, 2.05) is 71.3 Å². The zero-order chi connectivity index (χ0) is 21.2. The molecule has 0 radical (unpaired) electrons. The third-order valence-electron chi connectivity index (χ3n) is 5.21. The number of amides is 1.